The van der Waals surface area contributed by atoms with Gasteiger partial charge in [-0.25, -0.2) is 0 Å². The Labute approximate surface area is 115 Å². The fourth-order valence-corrected chi connectivity index (χ4v) is 2.19. The minimum absolute atomic E-state index is 0.345. The van der Waals surface area contributed by atoms with Crippen molar-refractivity contribution in [3.8, 4) is 16.9 Å². The molecule has 1 heterocycles. The summed E-state index contributed by atoms with van der Waals surface area (Å²) >= 11 is 0. The SMILES string of the molecule is CC(=O)Oc1ccc(C)cc1-c1cccc2[nH]nnc12. The highest BCUT2D eigenvalue weighted by Gasteiger charge is 2.13. The summed E-state index contributed by atoms with van der Waals surface area (Å²) < 4.78 is 5.28. The second-order valence-corrected chi connectivity index (χ2v) is 4.61. The number of hydrogen-bond donors (Lipinski definition) is 1. The van der Waals surface area contributed by atoms with Gasteiger partial charge in [0.25, 0.3) is 0 Å². The number of esters is 1. The number of aromatic nitrogens is 3. The van der Waals surface area contributed by atoms with E-state index in [9.17, 15) is 4.79 Å². The summed E-state index contributed by atoms with van der Waals surface area (Å²) in [4.78, 5) is 11.2. The Hall–Kier alpha value is -2.69. The van der Waals surface area contributed by atoms with Crippen molar-refractivity contribution < 1.29 is 9.53 Å². The first-order valence-electron chi connectivity index (χ1n) is 6.24. The lowest BCUT2D eigenvalue weighted by Crippen LogP contribution is -2.03. The highest BCUT2D eigenvalue weighted by Crippen LogP contribution is 2.34. The number of rotatable bonds is 2. The Morgan fingerprint density at radius 2 is 2.05 bits per heavy atom. The van der Waals surface area contributed by atoms with Crippen LogP contribution in [-0.4, -0.2) is 21.4 Å². The van der Waals surface area contributed by atoms with E-state index in [0.29, 0.717) is 5.75 Å². The van der Waals surface area contributed by atoms with Gasteiger partial charge in [-0.05, 0) is 25.1 Å². The quantitative estimate of drug-likeness (QED) is 0.572. The first-order valence-corrected chi connectivity index (χ1v) is 6.24. The third-order valence-corrected chi connectivity index (χ3v) is 3.04. The van der Waals surface area contributed by atoms with Crippen LogP contribution in [0.3, 0.4) is 0 Å². The first-order chi connectivity index (χ1) is 9.65. The van der Waals surface area contributed by atoms with E-state index < -0.39 is 0 Å². The van der Waals surface area contributed by atoms with Crippen LogP contribution in [0.15, 0.2) is 36.4 Å². The maximum atomic E-state index is 11.2. The molecular weight excluding hydrogens is 254 g/mol. The average molecular weight is 267 g/mol. The number of fused-ring (bicyclic) bond motifs is 1. The van der Waals surface area contributed by atoms with Gasteiger partial charge in [0, 0.05) is 18.1 Å². The molecule has 100 valence electrons. The molecule has 2 aromatic carbocycles. The number of nitrogens with one attached hydrogen (secondary N) is 1. The van der Waals surface area contributed by atoms with Crippen LogP contribution in [0.1, 0.15) is 12.5 Å². The Kier molecular flexibility index (Phi) is 2.95. The molecule has 0 saturated heterocycles. The Balaban J connectivity index is 2.25. The second kappa shape index (κ2) is 4.77. The molecule has 1 N–H and O–H groups in total. The van der Waals surface area contributed by atoms with E-state index in [1.165, 1.54) is 6.92 Å². The van der Waals surface area contributed by atoms with Crippen molar-refractivity contribution in [3.63, 3.8) is 0 Å². The van der Waals surface area contributed by atoms with E-state index >= 15 is 0 Å². The van der Waals surface area contributed by atoms with Crippen LogP contribution >= 0.6 is 0 Å². The van der Waals surface area contributed by atoms with Gasteiger partial charge < -0.3 is 4.74 Å². The predicted molar refractivity (Wildman–Crippen MR) is 75.4 cm³/mol. The first kappa shape index (κ1) is 12.3. The predicted octanol–water partition coefficient (Wildman–Crippen LogP) is 2.86. The van der Waals surface area contributed by atoms with Crippen molar-refractivity contribution in [1.82, 2.24) is 15.4 Å². The van der Waals surface area contributed by atoms with Crippen LogP contribution in [0, 0.1) is 6.92 Å². The number of aromatic amines is 1. The number of benzene rings is 2. The molecule has 0 amide bonds. The monoisotopic (exact) mass is 267 g/mol. The summed E-state index contributed by atoms with van der Waals surface area (Å²) in [5, 5.41) is 10.8. The van der Waals surface area contributed by atoms with Crippen LogP contribution in [0.25, 0.3) is 22.2 Å². The van der Waals surface area contributed by atoms with E-state index in [1.807, 2.05) is 37.3 Å². The van der Waals surface area contributed by atoms with Crippen LogP contribution < -0.4 is 4.74 Å². The van der Waals surface area contributed by atoms with Crippen LogP contribution in [-0.2, 0) is 4.79 Å². The summed E-state index contributed by atoms with van der Waals surface area (Å²) in [6, 6.07) is 11.4. The molecule has 3 rings (SSSR count). The Morgan fingerprint density at radius 1 is 1.20 bits per heavy atom. The smallest absolute Gasteiger partial charge is 0.308 e. The summed E-state index contributed by atoms with van der Waals surface area (Å²) in [6.45, 7) is 3.38. The molecule has 0 aliphatic carbocycles. The van der Waals surface area contributed by atoms with Gasteiger partial charge in [0.1, 0.15) is 11.3 Å². The van der Waals surface area contributed by atoms with Crippen molar-refractivity contribution >= 4 is 17.0 Å². The molecule has 0 fully saturated rings. The number of hydrogen-bond acceptors (Lipinski definition) is 4. The van der Waals surface area contributed by atoms with Gasteiger partial charge in [0.2, 0.25) is 0 Å². The molecule has 5 nitrogen and oxygen atoms in total. The number of nitrogens with zero attached hydrogens (tertiary/aromatic N) is 2. The van der Waals surface area contributed by atoms with Crippen molar-refractivity contribution in [1.29, 1.82) is 0 Å². The molecule has 20 heavy (non-hydrogen) atoms. The molecule has 3 aromatic rings. The van der Waals surface area contributed by atoms with Gasteiger partial charge in [0.05, 0.1) is 5.52 Å². The van der Waals surface area contributed by atoms with Gasteiger partial charge in [-0.1, -0.05) is 29.0 Å². The molecule has 0 aliphatic heterocycles. The Bertz CT molecular complexity index is 793. The number of carbonyl (C=O) groups excluding carboxylic acids is 1. The average Bonchev–Trinajstić information content (AvgIpc) is 2.88. The van der Waals surface area contributed by atoms with E-state index in [4.69, 9.17) is 4.74 Å². The van der Waals surface area contributed by atoms with E-state index in [-0.39, 0.29) is 5.97 Å². The minimum Gasteiger partial charge on any atom is -0.426 e. The standard InChI is InChI=1S/C15H13N3O2/c1-9-6-7-14(20-10(2)19)12(8-9)11-4-3-5-13-15(11)17-18-16-13/h3-8H,1-2H3,(H,16,17,18). The summed E-state index contributed by atoms with van der Waals surface area (Å²) in [6.07, 6.45) is 0. The lowest BCUT2D eigenvalue weighted by atomic mass is 10.0. The zero-order valence-corrected chi connectivity index (χ0v) is 11.2. The van der Waals surface area contributed by atoms with Gasteiger partial charge >= 0.3 is 5.97 Å². The lowest BCUT2D eigenvalue weighted by molar-refractivity contribution is -0.131. The summed E-state index contributed by atoms with van der Waals surface area (Å²) in [7, 11) is 0. The number of carbonyl (C=O) groups is 1. The molecule has 0 radical (unpaired) electrons. The lowest BCUT2D eigenvalue weighted by Gasteiger charge is -2.10. The molecule has 1 aromatic heterocycles. The summed E-state index contributed by atoms with van der Waals surface area (Å²) in [5.41, 5.74) is 4.40. The molecule has 0 saturated carbocycles. The third-order valence-electron chi connectivity index (χ3n) is 3.04. The van der Waals surface area contributed by atoms with Gasteiger partial charge in [-0.15, -0.1) is 5.10 Å². The fourth-order valence-electron chi connectivity index (χ4n) is 2.19. The Morgan fingerprint density at radius 3 is 2.85 bits per heavy atom. The summed E-state index contributed by atoms with van der Waals surface area (Å²) in [5.74, 6) is 0.182. The zero-order valence-electron chi connectivity index (χ0n) is 11.2. The maximum Gasteiger partial charge on any atom is 0.308 e. The van der Waals surface area contributed by atoms with Gasteiger partial charge in [-0.2, -0.15) is 0 Å². The van der Waals surface area contributed by atoms with Crippen molar-refractivity contribution in [2.45, 2.75) is 13.8 Å². The minimum atomic E-state index is -0.345. The van der Waals surface area contributed by atoms with E-state index in [0.717, 1.165) is 27.7 Å². The van der Waals surface area contributed by atoms with Gasteiger partial charge in [0.15, 0.2) is 0 Å². The van der Waals surface area contributed by atoms with Gasteiger partial charge in [-0.3, -0.25) is 9.89 Å². The highest BCUT2D eigenvalue weighted by atomic mass is 16.5. The van der Waals surface area contributed by atoms with Crippen molar-refractivity contribution in [3.05, 3.63) is 42.0 Å². The second-order valence-electron chi connectivity index (χ2n) is 4.61. The highest BCUT2D eigenvalue weighted by molar-refractivity contribution is 5.93. The molecular formula is C15H13N3O2. The molecule has 0 atom stereocenters. The van der Waals surface area contributed by atoms with E-state index in [2.05, 4.69) is 15.4 Å². The molecule has 0 bridgehead atoms. The van der Waals surface area contributed by atoms with E-state index in [1.54, 1.807) is 6.07 Å². The maximum absolute atomic E-state index is 11.2. The number of ether oxygens (including phenoxy) is 1. The normalized spacial score (nSPS) is 10.7. The topological polar surface area (TPSA) is 67.9 Å². The number of H-pyrrole nitrogens is 1. The van der Waals surface area contributed by atoms with Crippen LogP contribution in [0.2, 0.25) is 0 Å². The zero-order chi connectivity index (χ0) is 14.1. The molecule has 0 aliphatic rings. The third kappa shape index (κ3) is 2.14. The molecule has 5 heteroatoms. The fraction of sp³-hybridized carbons (Fsp3) is 0.133. The van der Waals surface area contributed by atoms with Crippen LogP contribution in [0.4, 0.5) is 0 Å². The van der Waals surface area contributed by atoms with Crippen molar-refractivity contribution in [2.75, 3.05) is 0 Å². The number of aryl methyl sites for hydroxylation is 1. The van der Waals surface area contributed by atoms with Crippen molar-refractivity contribution in [2.24, 2.45) is 0 Å². The molecule has 0 spiro atoms. The van der Waals surface area contributed by atoms with Crippen LogP contribution in [0.5, 0.6) is 5.75 Å². The largest absolute Gasteiger partial charge is 0.426 e. The molecule has 0 unspecified atom stereocenters.